The maximum Gasteiger partial charge on any atom is 0.135 e. The minimum absolute atomic E-state index is 0.323. The van der Waals surface area contributed by atoms with Crippen LogP contribution in [0, 0.1) is 17.7 Å². The molecular weight excluding hydrogens is 265 g/mol. The molecule has 0 saturated carbocycles. The van der Waals surface area contributed by atoms with Gasteiger partial charge in [0.1, 0.15) is 17.3 Å². The first-order valence-corrected chi connectivity index (χ1v) is 6.41. The molecule has 3 nitrogen and oxygen atoms in total. The van der Waals surface area contributed by atoms with E-state index in [-0.39, 0.29) is 5.82 Å². The third-order valence-corrected chi connectivity index (χ3v) is 3.00. The van der Waals surface area contributed by atoms with Gasteiger partial charge in [-0.3, -0.25) is 5.10 Å². The zero-order valence-electron chi connectivity index (χ0n) is 11.1. The molecule has 102 valence electrons. The summed E-state index contributed by atoms with van der Waals surface area (Å²) in [6.45, 7) is 0. The fourth-order valence-corrected chi connectivity index (χ4v) is 1.98. The van der Waals surface area contributed by atoms with E-state index in [1.807, 2.05) is 30.3 Å². The van der Waals surface area contributed by atoms with Crippen LogP contribution in [0.3, 0.4) is 0 Å². The van der Waals surface area contributed by atoms with Gasteiger partial charge in [-0.25, -0.2) is 4.39 Å². The van der Waals surface area contributed by atoms with E-state index in [1.165, 1.54) is 12.1 Å². The Kier molecular flexibility index (Phi) is 3.40. The molecule has 1 aromatic heterocycles. The van der Waals surface area contributed by atoms with Gasteiger partial charge >= 0.3 is 0 Å². The van der Waals surface area contributed by atoms with E-state index in [1.54, 1.807) is 12.1 Å². The normalized spacial score (nSPS) is 9.95. The first-order chi connectivity index (χ1) is 10.2. The summed E-state index contributed by atoms with van der Waals surface area (Å²) in [6, 6.07) is 15.8. The van der Waals surface area contributed by atoms with Crippen LogP contribution in [-0.2, 0) is 0 Å². The Labute approximate surface area is 121 Å². The Hall–Kier alpha value is -3.06. The van der Waals surface area contributed by atoms with E-state index in [0.717, 1.165) is 5.56 Å². The van der Waals surface area contributed by atoms with E-state index in [4.69, 9.17) is 5.73 Å². The number of nitrogens with two attached hydrogens (primary N) is 1. The van der Waals surface area contributed by atoms with Crippen molar-refractivity contribution in [2.24, 2.45) is 0 Å². The van der Waals surface area contributed by atoms with Crippen molar-refractivity contribution in [3.63, 3.8) is 0 Å². The lowest BCUT2D eigenvalue weighted by atomic mass is 10.1. The lowest BCUT2D eigenvalue weighted by molar-refractivity contribution is 0.628. The zero-order valence-corrected chi connectivity index (χ0v) is 11.1. The van der Waals surface area contributed by atoms with Crippen LogP contribution in [0.2, 0.25) is 0 Å². The van der Waals surface area contributed by atoms with Crippen LogP contribution in [0.5, 0.6) is 0 Å². The fraction of sp³-hybridized carbons (Fsp3) is 0. The maximum absolute atomic E-state index is 13.3. The lowest BCUT2D eigenvalue weighted by Gasteiger charge is -1.98. The Morgan fingerprint density at radius 3 is 2.57 bits per heavy atom. The van der Waals surface area contributed by atoms with Crippen LogP contribution >= 0.6 is 0 Å². The number of rotatable bonds is 1. The average Bonchev–Trinajstić information content (AvgIpc) is 2.87. The number of anilines is 1. The van der Waals surface area contributed by atoms with Crippen LogP contribution in [0.15, 0.2) is 54.6 Å². The first-order valence-electron chi connectivity index (χ1n) is 6.41. The second-order valence-corrected chi connectivity index (χ2v) is 4.49. The van der Waals surface area contributed by atoms with Crippen LogP contribution < -0.4 is 5.73 Å². The van der Waals surface area contributed by atoms with Crippen molar-refractivity contribution >= 4 is 5.82 Å². The molecule has 0 aliphatic heterocycles. The summed E-state index contributed by atoms with van der Waals surface area (Å²) < 4.78 is 13.3. The third-order valence-electron chi connectivity index (χ3n) is 3.00. The van der Waals surface area contributed by atoms with Crippen molar-refractivity contribution in [2.75, 3.05) is 5.73 Å². The Morgan fingerprint density at radius 2 is 1.81 bits per heavy atom. The highest BCUT2D eigenvalue weighted by Gasteiger charge is 2.11. The van der Waals surface area contributed by atoms with Crippen molar-refractivity contribution in [1.29, 1.82) is 0 Å². The lowest BCUT2D eigenvalue weighted by Crippen LogP contribution is -1.89. The molecule has 3 rings (SSSR count). The standard InChI is InChI=1S/C17H12FN3/c18-14-8-4-7-13(11-14)16-15(17(19)21-20-16)10-9-12-5-2-1-3-6-12/h1-8,11H,(H3,19,20,21). The number of nitrogens with one attached hydrogen (secondary N) is 1. The van der Waals surface area contributed by atoms with Crippen LogP contribution in [-0.4, -0.2) is 10.2 Å². The molecule has 0 amide bonds. The zero-order chi connectivity index (χ0) is 14.7. The van der Waals surface area contributed by atoms with Crippen molar-refractivity contribution in [2.45, 2.75) is 0 Å². The van der Waals surface area contributed by atoms with Gasteiger partial charge in [0.15, 0.2) is 0 Å². The predicted molar refractivity (Wildman–Crippen MR) is 80.8 cm³/mol. The first kappa shape index (κ1) is 12.9. The fourth-order valence-electron chi connectivity index (χ4n) is 1.98. The summed E-state index contributed by atoms with van der Waals surface area (Å²) in [6.07, 6.45) is 0. The molecule has 0 atom stereocenters. The summed E-state index contributed by atoms with van der Waals surface area (Å²) in [4.78, 5) is 0. The SMILES string of the molecule is Nc1[nH]nc(-c2cccc(F)c2)c1C#Cc1ccccc1. The van der Waals surface area contributed by atoms with Crippen LogP contribution in [0.4, 0.5) is 10.2 Å². The molecule has 0 saturated heterocycles. The van der Waals surface area contributed by atoms with Gasteiger partial charge in [-0.2, -0.15) is 5.10 Å². The number of halogens is 1. The number of nitrogen functional groups attached to an aromatic ring is 1. The number of nitrogens with zero attached hydrogens (tertiary/aromatic N) is 1. The van der Waals surface area contributed by atoms with E-state index in [9.17, 15) is 4.39 Å². The summed E-state index contributed by atoms with van der Waals surface area (Å²) >= 11 is 0. The highest BCUT2D eigenvalue weighted by molar-refractivity contribution is 5.73. The summed E-state index contributed by atoms with van der Waals surface area (Å²) in [5, 5.41) is 6.81. The molecule has 0 aliphatic rings. The van der Waals surface area contributed by atoms with E-state index in [2.05, 4.69) is 22.0 Å². The average molecular weight is 277 g/mol. The van der Waals surface area contributed by atoms with Gasteiger partial charge in [0.2, 0.25) is 0 Å². The molecule has 2 aromatic carbocycles. The number of aromatic nitrogens is 2. The minimum atomic E-state index is -0.323. The molecule has 3 aromatic rings. The van der Waals surface area contributed by atoms with Gasteiger partial charge in [-0.05, 0) is 24.3 Å². The highest BCUT2D eigenvalue weighted by Crippen LogP contribution is 2.24. The van der Waals surface area contributed by atoms with E-state index < -0.39 is 0 Å². The van der Waals surface area contributed by atoms with Crippen molar-refractivity contribution in [3.05, 3.63) is 71.5 Å². The van der Waals surface area contributed by atoms with Crippen LogP contribution in [0.25, 0.3) is 11.3 Å². The van der Waals surface area contributed by atoms with Gasteiger partial charge in [-0.15, -0.1) is 0 Å². The van der Waals surface area contributed by atoms with Gasteiger partial charge in [0.25, 0.3) is 0 Å². The van der Waals surface area contributed by atoms with E-state index >= 15 is 0 Å². The van der Waals surface area contributed by atoms with Crippen molar-refractivity contribution in [1.82, 2.24) is 10.2 Å². The number of hydrogen-bond acceptors (Lipinski definition) is 2. The molecule has 21 heavy (non-hydrogen) atoms. The predicted octanol–water partition coefficient (Wildman–Crippen LogP) is 3.20. The third kappa shape index (κ3) is 2.77. The molecular formula is C17H12FN3. The number of benzene rings is 2. The van der Waals surface area contributed by atoms with Gasteiger partial charge < -0.3 is 5.73 Å². The van der Waals surface area contributed by atoms with Crippen LogP contribution in [0.1, 0.15) is 11.1 Å². The van der Waals surface area contributed by atoms with Gasteiger partial charge in [0.05, 0.1) is 5.56 Å². The monoisotopic (exact) mass is 277 g/mol. The quantitative estimate of drug-likeness (QED) is 0.671. The van der Waals surface area contributed by atoms with Crippen molar-refractivity contribution in [3.8, 4) is 23.1 Å². The molecule has 0 radical (unpaired) electrons. The molecule has 0 unspecified atom stereocenters. The largest absolute Gasteiger partial charge is 0.383 e. The summed E-state index contributed by atoms with van der Waals surface area (Å²) in [5.74, 6) is 6.08. The number of H-pyrrole nitrogens is 1. The number of aromatic amines is 1. The molecule has 4 heteroatoms. The number of hydrogen-bond donors (Lipinski definition) is 2. The molecule has 0 fully saturated rings. The molecule has 0 bridgehead atoms. The molecule has 3 N–H and O–H groups in total. The molecule has 1 heterocycles. The van der Waals surface area contributed by atoms with Gasteiger partial charge in [-0.1, -0.05) is 42.2 Å². The summed E-state index contributed by atoms with van der Waals surface area (Å²) in [5.41, 5.74) is 8.51. The maximum atomic E-state index is 13.3. The summed E-state index contributed by atoms with van der Waals surface area (Å²) in [7, 11) is 0. The second-order valence-electron chi connectivity index (χ2n) is 4.49. The van der Waals surface area contributed by atoms with Gasteiger partial charge in [0, 0.05) is 11.1 Å². The second kappa shape index (κ2) is 5.51. The molecule has 0 aliphatic carbocycles. The minimum Gasteiger partial charge on any atom is -0.383 e. The van der Waals surface area contributed by atoms with E-state index in [0.29, 0.717) is 22.6 Å². The van der Waals surface area contributed by atoms with Crippen molar-refractivity contribution < 1.29 is 4.39 Å². The topological polar surface area (TPSA) is 54.7 Å². The molecule has 0 spiro atoms. The Bertz CT molecular complexity index is 826. The highest BCUT2D eigenvalue weighted by atomic mass is 19.1. The Morgan fingerprint density at radius 1 is 1.00 bits per heavy atom. The smallest absolute Gasteiger partial charge is 0.135 e. The Balaban J connectivity index is 2.05.